The molecule has 114 valence electrons. The molecule has 3 nitrogen and oxygen atoms in total. The summed E-state index contributed by atoms with van der Waals surface area (Å²) in [6.07, 6.45) is 7.54. The minimum atomic E-state index is 0. The molecule has 0 rings (SSSR count). The molecule has 0 fully saturated rings. The molecule has 0 aliphatic heterocycles. The number of rotatable bonds is 11. The zero-order chi connectivity index (χ0) is 14.7. The number of nitrogens with one attached hydrogen (secondary N) is 1. The standard InChI is InChI=1S/C16H31NO2.H2/c1-13(2)15(18)11-9-7-5-6-8-10-12-17-16(19)14(3)4;/h13-14H,5-12H2,1-4H3,(H,17,19);1H. The van der Waals surface area contributed by atoms with Crippen LogP contribution in [0.5, 0.6) is 0 Å². The summed E-state index contributed by atoms with van der Waals surface area (Å²) >= 11 is 0. The highest BCUT2D eigenvalue weighted by molar-refractivity contribution is 5.80. The van der Waals surface area contributed by atoms with E-state index in [2.05, 4.69) is 5.32 Å². The molecule has 0 aliphatic rings. The van der Waals surface area contributed by atoms with Crippen LogP contribution < -0.4 is 5.32 Å². The molecule has 0 aliphatic carbocycles. The Labute approximate surface area is 120 Å². The molecule has 0 heterocycles. The Morgan fingerprint density at radius 2 is 1.37 bits per heavy atom. The zero-order valence-corrected chi connectivity index (χ0v) is 13.1. The van der Waals surface area contributed by atoms with Crippen LogP contribution in [0.4, 0.5) is 0 Å². The molecular weight excluding hydrogens is 238 g/mol. The summed E-state index contributed by atoms with van der Waals surface area (Å²) in [4.78, 5) is 22.7. The number of amides is 1. The number of ketones is 1. The quantitative estimate of drug-likeness (QED) is 0.578. The van der Waals surface area contributed by atoms with Crippen LogP contribution in [0.3, 0.4) is 0 Å². The summed E-state index contributed by atoms with van der Waals surface area (Å²) in [5.41, 5.74) is 0. The van der Waals surface area contributed by atoms with Gasteiger partial charge in [-0.3, -0.25) is 9.59 Å². The van der Waals surface area contributed by atoms with E-state index in [1.54, 1.807) is 0 Å². The molecule has 0 spiro atoms. The molecular formula is C16H33NO2. The lowest BCUT2D eigenvalue weighted by molar-refractivity contribution is -0.124. The number of unbranched alkanes of at least 4 members (excludes halogenated alkanes) is 5. The molecule has 19 heavy (non-hydrogen) atoms. The maximum Gasteiger partial charge on any atom is 0.222 e. The SMILES string of the molecule is CC(C)C(=O)CCCCCCCCNC(=O)C(C)C.[HH]. The Hall–Kier alpha value is -0.860. The van der Waals surface area contributed by atoms with E-state index in [0.29, 0.717) is 5.78 Å². The summed E-state index contributed by atoms with van der Waals surface area (Å²) < 4.78 is 0. The van der Waals surface area contributed by atoms with Crippen molar-refractivity contribution in [1.82, 2.24) is 5.32 Å². The Morgan fingerprint density at radius 1 is 0.842 bits per heavy atom. The Bertz CT molecular complexity index is 239. The Kier molecular flexibility index (Phi) is 10.5. The first kappa shape index (κ1) is 18.1. The van der Waals surface area contributed by atoms with Crippen LogP contribution in [-0.2, 0) is 9.59 Å². The van der Waals surface area contributed by atoms with Crippen molar-refractivity contribution in [2.45, 2.75) is 72.6 Å². The number of carbonyl (C=O) groups excluding carboxylic acids is 2. The van der Waals surface area contributed by atoms with E-state index in [1.807, 2.05) is 27.7 Å². The normalized spacial score (nSPS) is 11.1. The van der Waals surface area contributed by atoms with Crippen LogP contribution >= 0.6 is 0 Å². The third-order valence-electron chi connectivity index (χ3n) is 3.32. The van der Waals surface area contributed by atoms with E-state index < -0.39 is 0 Å². The van der Waals surface area contributed by atoms with Crippen LogP contribution in [0.2, 0.25) is 0 Å². The molecule has 0 saturated carbocycles. The van der Waals surface area contributed by atoms with Crippen molar-refractivity contribution in [2.24, 2.45) is 11.8 Å². The molecule has 0 radical (unpaired) electrons. The second-order valence-corrected chi connectivity index (χ2v) is 5.94. The molecule has 3 heteroatoms. The number of Topliss-reactive ketones (excluding diaryl/α,β-unsaturated/α-hetero) is 1. The first-order valence-corrected chi connectivity index (χ1v) is 7.75. The van der Waals surface area contributed by atoms with Crippen LogP contribution in [0.1, 0.15) is 74.1 Å². The number of hydrogen-bond acceptors (Lipinski definition) is 2. The minimum absolute atomic E-state index is 0. The zero-order valence-electron chi connectivity index (χ0n) is 13.1. The van der Waals surface area contributed by atoms with Gasteiger partial charge in [-0.25, -0.2) is 0 Å². The predicted octanol–water partition coefficient (Wildman–Crippen LogP) is 3.96. The fraction of sp³-hybridized carbons (Fsp3) is 0.875. The van der Waals surface area contributed by atoms with Gasteiger partial charge < -0.3 is 5.32 Å². The first-order chi connectivity index (χ1) is 8.95. The van der Waals surface area contributed by atoms with E-state index in [-0.39, 0.29) is 19.2 Å². The van der Waals surface area contributed by atoms with Gasteiger partial charge in [0, 0.05) is 26.2 Å². The molecule has 1 amide bonds. The maximum atomic E-state index is 11.4. The van der Waals surface area contributed by atoms with Crippen LogP contribution in [-0.4, -0.2) is 18.2 Å². The molecule has 0 bridgehead atoms. The summed E-state index contributed by atoms with van der Waals surface area (Å²) in [5, 5.41) is 2.93. The first-order valence-electron chi connectivity index (χ1n) is 7.75. The second-order valence-electron chi connectivity index (χ2n) is 5.94. The monoisotopic (exact) mass is 271 g/mol. The smallest absolute Gasteiger partial charge is 0.222 e. The summed E-state index contributed by atoms with van der Waals surface area (Å²) in [6.45, 7) is 8.55. The average Bonchev–Trinajstić information content (AvgIpc) is 2.35. The lowest BCUT2D eigenvalue weighted by Gasteiger charge is -2.07. The minimum Gasteiger partial charge on any atom is -0.356 e. The van der Waals surface area contributed by atoms with Gasteiger partial charge in [-0.2, -0.15) is 0 Å². The molecule has 0 saturated heterocycles. The highest BCUT2D eigenvalue weighted by Crippen LogP contribution is 2.09. The van der Waals surface area contributed by atoms with Crippen molar-refractivity contribution >= 4 is 11.7 Å². The van der Waals surface area contributed by atoms with E-state index in [4.69, 9.17) is 0 Å². The summed E-state index contributed by atoms with van der Waals surface area (Å²) in [5.74, 6) is 0.798. The summed E-state index contributed by atoms with van der Waals surface area (Å²) in [6, 6.07) is 0. The molecule has 0 aromatic heterocycles. The second kappa shape index (κ2) is 11.0. The van der Waals surface area contributed by atoms with Gasteiger partial charge in [0.25, 0.3) is 0 Å². The molecule has 1 N–H and O–H groups in total. The highest BCUT2D eigenvalue weighted by Gasteiger charge is 2.06. The Balaban J connectivity index is 0. The topological polar surface area (TPSA) is 46.2 Å². The van der Waals surface area contributed by atoms with Gasteiger partial charge in [-0.05, 0) is 12.8 Å². The van der Waals surface area contributed by atoms with Crippen molar-refractivity contribution in [1.29, 1.82) is 0 Å². The third kappa shape index (κ3) is 10.7. The fourth-order valence-electron chi connectivity index (χ4n) is 1.84. The summed E-state index contributed by atoms with van der Waals surface area (Å²) in [7, 11) is 0. The van der Waals surface area contributed by atoms with Gasteiger partial charge in [0.2, 0.25) is 5.91 Å². The largest absolute Gasteiger partial charge is 0.356 e. The average molecular weight is 271 g/mol. The van der Waals surface area contributed by atoms with Gasteiger partial charge in [-0.1, -0.05) is 53.4 Å². The molecule has 0 unspecified atom stereocenters. The molecule has 0 atom stereocenters. The van der Waals surface area contributed by atoms with Gasteiger partial charge in [0.1, 0.15) is 5.78 Å². The molecule has 0 aromatic rings. The van der Waals surface area contributed by atoms with Gasteiger partial charge >= 0.3 is 0 Å². The van der Waals surface area contributed by atoms with E-state index in [9.17, 15) is 9.59 Å². The number of carbonyl (C=O) groups is 2. The van der Waals surface area contributed by atoms with E-state index in [1.165, 1.54) is 12.8 Å². The van der Waals surface area contributed by atoms with Crippen molar-refractivity contribution < 1.29 is 11.0 Å². The molecule has 0 aromatic carbocycles. The van der Waals surface area contributed by atoms with Gasteiger partial charge in [-0.15, -0.1) is 0 Å². The van der Waals surface area contributed by atoms with Crippen molar-refractivity contribution in [3.63, 3.8) is 0 Å². The van der Waals surface area contributed by atoms with E-state index >= 15 is 0 Å². The van der Waals surface area contributed by atoms with Crippen molar-refractivity contribution in [3.8, 4) is 0 Å². The lowest BCUT2D eigenvalue weighted by atomic mass is 10.0. The third-order valence-corrected chi connectivity index (χ3v) is 3.32. The van der Waals surface area contributed by atoms with E-state index in [0.717, 1.165) is 38.6 Å². The van der Waals surface area contributed by atoms with Crippen molar-refractivity contribution in [2.75, 3.05) is 6.54 Å². The lowest BCUT2D eigenvalue weighted by Crippen LogP contribution is -2.28. The highest BCUT2D eigenvalue weighted by atomic mass is 16.1. The van der Waals surface area contributed by atoms with Crippen LogP contribution in [0, 0.1) is 11.8 Å². The van der Waals surface area contributed by atoms with Crippen LogP contribution in [0.15, 0.2) is 0 Å². The van der Waals surface area contributed by atoms with Crippen molar-refractivity contribution in [3.05, 3.63) is 0 Å². The predicted molar refractivity (Wildman–Crippen MR) is 82.1 cm³/mol. The fourth-order valence-corrected chi connectivity index (χ4v) is 1.84. The maximum absolute atomic E-state index is 11.4. The van der Waals surface area contributed by atoms with Gasteiger partial charge in [0.15, 0.2) is 0 Å². The Morgan fingerprint density at radius 3 is 1.89 bits per heavy atom. The number of hydrogen-bond donors (Lipinski definition) is 1. The van der Waals surface area contributed by atoms with Gasteiger partial charge in [0.05, 0.1) is 0 Å². The van der Waals surface area contributed by atoms with Crippen LogP contribution in [0.25, 0.3) is 0 Å².